The molecule has 0 fully saturated rings. The summed E-state index contributed by atoms with van der Waals surface area (Å²) < 4.78 is 5.04. The molecule has 0 unspecified atom stereocenters. The lowest BCUT2D eigenvalue weighted by molar-refractivity contribution is 0.415. The van der Waals surface area contributed by atoms with Crippen LogP contribution in [0.4, 0.5) is 0 Å². The van der Waals surface area contributed by atoms with Crippen molar-refractivity contribution >= 4 is 13.3 Å². The molecule has 0 spiro atoms. The molecule has 1 aromatic rings. The van der Waals surface area contributed by atoms with Gasteiger partial charge in [-0.05, 0) is 13.9 Å². The second kappa shape index (κ2) is 2.58. The molecule has 9 heavy (non-hydrogen) atoms. The monoisotopic (exact) mass is 121 g/mol. The molecule has 0 aliphatic rings. The Morgan fingerprint density at radius 2 is 2.22 bits per heavy atom. The summed E-state index contributed by atoms with van der Waals surface area (Å²) >= 11 is 0. The lowest BCUT2D eigenvalue weighted by Crippen LogP contribution is -2.00. The second-order valence-corrected chi connectivity index (χ2v) is 1.44. The summed E-state index contributed by atoms with van der Waals surface area (Å²) in [6, 6.07) is 8.29. The van der Waals surface area contributed by atoms with E-state index in [1.807, 2.05) is 12.1 Å². The van der Waals surface area contributed by atoms with Crippen LogP contribution >= 0.6 is 0 Å². The maximum atomic E-state index is 5.04. The molecular weight excluding hydrogens is 111 g/mol. The van der Waals surface area contributed by atoms with E-state index in [0.29, 0.717) is 7.85 Å². The van der Waals surface area contributed by atoms with Crippen molar-refractivity contribution in [3.63, 3.8) is 0 Å². The molecule has 0 aliphatic carbocycles. The Hall–Kier alpha value is -0.915. The van der Waals surface area contributed by atoms with Gasteiger partial charge in [0.05, 0.1) is 7.11 Å². The first-order valence-corrected chi connectivity index (χ1v) is 2.43. The van der Waals surface area contributed by atoms with E-state index >= 15 is 0 Å². The largest absolute Gasteiger partial charge is 0.497 e. The van der Waals surface area contributed by atoms with E-state index in [1.165, 1.54) is 5.46 Å². The summed E-state index contributed by atoms with van der Waals surface area (Å²) in [6.45, 7) is 0. The minimum Gasteiger partial charge on any atom is -0.497 e. The van der Waals surface area contributed by atoms with Gasteiger partial charge in [-0.3, -0.25) is 0 Å². The maximum Gasteiger partial charge on any atom is 0.115 e. The third-order valence-electron chi connectivity index (χ3n) is 0.914. The van der Waals surface area contributed by atoms with Gasteiger partial charge in [0.15, 0.2) is 0 Å². The molecule has 0 saturated carbocycles. The van der Waals surface area contributed by atoms with Gasteiger partial charge in [-0.1, -0.05) is 18.2 Å². The number of rotatable bonds is 1. The highest BCUT2D eigenvalue weighted by atomic mass is 16.5. The molecule has 48 valence electrons. The minimum atomic E-state index is 0.339. The van der Waals surface area contributed by atoms with Crippen LogP contribution in [0, 0.1) is 0 Å². The zero-order valence-corrected chi connectivity index (χ0v) is 4.72. The molecule has 0 aromatic heterocycles. The molecule has 0 aliphatic heterocycles. The third kappa shape index (κ3) is 1.49. The standard InChI is InChI=1S/C7H10BO/c1-9-7-4-2-3-6(8)5-7/h2-5H,1,8H3/q-1. The first kappa shape index (κ1) is 6.21. The Balaban J connectivity index is 2.94. The fourth-order valence-corrected chi connectivity index (χ4v) is 0.504. The van der Waals surface area contributed by atoms with Gasteiger partial charge in [0.25, 0.3) is 0 Å². The Bertz CT molecular complexity index is 198. The topological polar surface area (TPSA) is 9.23 Å². The second-order valence-electron chi connectivity index (χ2n) is 1.44. The molecule has 2 heteroatoms. The highest BCUT2D eigenvalue weighted by Gasteiger charge is 1.83. The quantitative estimate of drug-likeness (QED) is 0.463. The Kier molecular flexibility index (Phi) is 1.78. The fraction of sp³-hybridized carbons (Fsp3) is 0.143. The van der Waals surface area contributed by atoms with Gasteiger partial charge in [0, 0.05) is 0 Å². The first-order valence-electron chi connectivity index (χ1n) is 2.43. The molecule has 0 bridgehead atoms. The van der Waals surface area contributed by atoms with Crippen molar-refractivity contribution in [3.8, 4) is 5.75 Å². The van der Waals surface area contributed by atoms with Crippen LogP contribution in [0.3, 0.4) is 0 Å². The molecule has 0 N–H and O–H groups in total. The van der Waals surface area contributed by atoms with E-state index in [1.54, 1.807) is 7.11 Å². The van der Waals surface area contributed by atoms with Crippen molar-refractivity contribution in [2.24, 2.45) is 0 Å². The SMILES string of the molecule is [BH3-]c1cccc(OC)c1. The number of ether oxygens (including phenoxy) is 1. The predicted molar refractivity (Wildman–Crippen MR) is 42.6 cm³/mol. The molecule has 1 nitrogen and oxygen atoms in total. The maximum absolute atomic E-state index is 5.04. The number of methoxy groups -OCH3 is 1. The van der Waals surface area contributed by atoms with Gasteiger partial charge >= 0.3 is 0 Å². The molecule has 0 heterocycles. The van der Waals surface area contributed by atoms with Gasteiger partial charge < -0.3 is 4.74 Å². The summed E-state index contributed by atoms with van der Waals surface area (Å²) in [5, 5.41) is 0. The number of hydrogen-bond donors (Lipinski definition) is 0. The Labute approximate surface area is 56.1 Å². The van der Waals surface area contributed by atoms with Gasteiger partial charge in [0.2, 0.25) is 0 Å². The Morgan fingerprint density at radius 3 is 2.67 bits per heavy atom. The Morgan fingerprint density at radius 1 is 1.44 bits per heavy atom. The summed E-state index contributed by atoms with van der Waals surface area (Å²) in [6.07, 6.45) is 0. The van der Waals surface area contributed by atoms with Crippen molar-refractivity contribution in [2.75, 3.05) is 7.11 Å². The zero-order chi connectivity index (χ0) is 6.69. The van der Waals surface area contributed by atoms with Crippen LogP contribution in [0.1, 0.15) is 0 Å². The molecule has 1 rings (SSSR count). The van der Waals surface area contributed by atoms with Crippen molar-refractivity contribution in [2.45, 2.75) is 0 Å². The molecular formula is C7H10BO-. The van der Waals surface area contributed by atoms with Gasteiger partial charge in [-0.2, -0.15) is 0 Å². The number of benzene rings is 1. The molecule has 0 radical (unpaired) electrons. The van der Waals surface area contributed by atoms with Crippen LogP contribution in [0.25, 0.3) is 0 Å². The van der Waals surface area contributed by atoms with Crippen molar-refractivity contribution < 1.29 is 4.74 Å². The van der Waals surface area contributed by atoms with Crippen molar-refractivity contribution in [3.05, 3.63) is 24.3 Å². The number of hydrogen-bond acceptors (Lipinski definition) is 1. The first-order chi connectivity index (χ1) is 4.33. The average molecular weight is 121 g/mol. The highest BCUT2D eigenvalue weighted by Crippen LogP contribution is 2.03. The highest BCUT2D eigenvalue weighted by molar-refractivity contribution is 6.32. The lowest BCUT2D eigenvalue weighted by Gasteiger charge is -2.00. The van der Waals surface area contributed by atoms with E-state index in [2.05, 4.69) is 12.1 Å². The minimum absolute atomic E-state index is 0.339. The van der Waals surface area contributed by atoms with Crippen molar-refractivity contribution in [1.29, 1.82) is 0 Å². The summed E-state index contributed by atoms with van der Waals surface area (Å²) in [5.74, 6) is 0.988. The van der Waals surface area contributed by atoms with Crippen LogP contribution in [0.5, 0.6) is 5.75 Å². The fourth-order valence-electron chi connectivity index (χ4n) is 0.504. The lowest BCUT2D eigenvalue weighted by atomic mass is 9.96. The summed E-state index contributed by atoms with van der Waals surface area (Å²) in [5.41, 5.74) is 1.48. The molecule has 0 saturated heterocycles. The normalized spacial score (nSPS) is 9.11. The van der Waals surface area contributed by atoms with E-state index < -0.39 is 0 Å². The molecule has 0 amide bonds. The van der Waals surface area contributed by atoms with E-state index in [-0.39, 0.29) is 0 Å². The van der Waals surface area contributed by atoms with E-state index in [4.69, 9.17) is 4.74 Å². The summed E-state index contributed by atoms with van der Waals surface area (Å²) in [7, 11) is 2.04. The van der Waals surface area contributed by atoms with Gasteiger partial charge in [0.1, 0.15) is 5.75 Å². The van der Waals surface area contributed by atoms with Gasteiger partial charge in [-0.15, -0.1) is 0 Å². The third-order valence-corrected chi connectivity index (χ3v) is 0.914. The van der Waals surface area contributed by atoms with Crippen LogP contribution in [-0.2, 0) is 0 Å². The summed E-state index contributed by atoms with van der Waals surface area (Å²) in [4.78, 5) is 0. The van der Waals surface area contributed by atoms with Crippen LogP contribution in [0.2, 0.25) is 0 Å². The average Bonchev–Trinajstić information content (AvgIpc) is 1.88. The smallest absolute Gasteiger partial charge is 0.115 e. The zero-order valence-electron chi connectivity index (χ0n) is 4.72. The van der Waals surface area contributed by atoms with Gasteiger partial charge in [-0.25, -0.2) is 5.46 Å². The van der Waals surface area contributed by atoms with Crippen LogP contribution in [0.15, 0.2) is 24.3 Å². The van der Waals surface area contributed by atoms with E-state index in [0.717, 1.165) is 5.75 Å². The van der Waals surface area contributed by atoms with E-state index in [9.17, 15) is 0 Å². The van der Waals surface area contributed by atoms with Crippen LogP contribution in [-0.4, -0.2) is 15.0 Å². The molecule has 1 aromatic carbocycles. The van der Waals surface area contributed by atoms with Crippen LogP contribution < -0.4 is 10.2 Å². The molecule has 0 atom stereocenters. The van der Waals surface area contributed by atoms with Crippen molar-refractivity contribution in [1.82, 2.24) is 0 Å². The predicted octanol–water partition coefficient (Wildman–Crippen LogP) is -0.314.